The van der Waals surface area contributed by atoms with Crippen molar-refractivity contribution < 1.29 is 28.6 Å². The van der Waals surface area contributed by atoms with Crippen molar-refractivity contribution in [2.24, 2.45) is 0 Å². The molecule has 0 aromatic heterocycles. The highest BCUT2D eigenvalue weighted by Gasteiger charge is 2.29. The molecule has 0 aliphatic heterocycles. The third-order valence-electron chi connectivity index (χ3n) is 6.08. The normalized spacial score (nSPS) is 12.9. The molecule has 3 aromatic carbocycles. The number of nitrogens with one attached hydrogen (secondary N) is 2. The number of rotatable bonds is 8. The first-order valence-corrected chi connectivity index (χ1v) is 11.3. The number of carbonyl (C=O) groups is 3. The minimum atomic E-state index is -1.36. The molecule has 0 saturated carbocycles. The Morgan fingerprint density at radius 3 is 2.23 bits per heavy atom. The van der Waals surface area contributed by atoms with Gasteiger partial charge in [0.25, 0.3) is 0 Å². The van der Waals surface area contributed by atoms with Crippen LogP contribution < -0.4 is 10.6 Å². The zero-order valence-corrected chi connectivity index (χ0v) is 19.1. The van der Waals surface area contributed by atoms with Crippen LogP contribution in [-0.4, -0.2) is 35.7 Å². The van der Waals surface area contributed by atoms with Crippen molar-refractivity contribution in [1.82, 2.24) is 5.32 Å². The van der Waals surface area contributed by atoms with Gasteiger partial charge < -0.3 is 20.5 Å². The number of halogens is 1. The standard InChI is InChI=1S/C27H25FN2O5/c1-2-17(14-25(31)30-24-12-11-16(28)13-22(24)26(32)33)29-27(34)35-15-23-20-9-5-3-7-18(20)19-8-4-6-10-21(19)23/h3-13,17,23H,2,14-15H2,1H3,(H,29,34)(H,30,31)(H,32,33). The Kier molecular flexibility index (Phi) is 7.10. The van der Waals surface area contributed by atoms with Crippen LogP contribution in [0.4, 0.5) is 14.9 Å². The van der Waals surface area contributed by atoms with E-state index >= 15 is 0 Å². The SMILES string of the molecule is CCC(CC(=O)Nc1ccc(F)cc1C(=O)O)NC(=O)OCC1c2ccccc2-c2ccccc21. The summed E-state index contributed by atoms with van der Waals surface area (Å²) in [5, 5.41) is 14.4. The number of alkyl carbamates (subject to hydrolysis) is 1. The van der Waals surface area contributed by atoms with E-state index in [1.54, 1.807) is 0 Å². The van der Waals surface area contributed by atoms with E-state index in [0.717, 1.165) is 34.4 Å². The van der Waals surface area contributed by atoms with Crippen molar-refractivity contribution in [1.29, 1.82) is 0 Å². The van der Waals surface area contributed by atoms with Crippen LogP contribution in [0.1, 0.15) is 47.2 Å². The van der Waals surface area contributed by atoms with Gasteiger partial charge >= 0.3 is 12.1 Å². The Morgan fingerprint density at radius 2 is 1.63 bits per heavy atom. The summed E-state index contributed by atoms with van der Waals surface area (Å²) in [6.07, 6.45) is -0.288. The van der Waals surface area contributed by atoms with Crippen LogP contribution >= 0.6 is 0 Å². The van der Waals surface area contributed by atoms with Crippen molar-refractivity contribution in [3.63, 3.8) is 0 Å². The molecule has 0 bridgehead atoms. The fourth-order valence-electron chi connectivity index (χ4n) is 4.33. The Morgan fingerprint density at radius 1 is 1.00 bits per heavy atom. The monoisotopic (exact) mass is 476 g/mol. The number of benzene rings is 3. The number of carboxylic acids is 1. The maximum absolute atomic E-state index is 13.4. The number of ether oxygens (including phenoxy) is 1. The van der Waals surface area contributed by atoms with Gasteiger partial charge in [-0.2, -0.15) is 0 Å². The van der Waals surface area contributed by atoms with E-state index < -0.39 is 29.8 Å². The van der Waals surface area contributed by atoms with Gasteiger partial charge in [0.1, 0.15) is 12.4 Å². The quantitative estimate of drug-likeness (QED) is 0.416. The van der Waals surface area contributed by atoms with Gasteiger partial charge in [0.15, 0.2) is 0 Å². The highest BCUT2D eigenvalue weighted by atomic mass is 19.1. The summed E-state index contributed by atoms with van der Waals surface area (Å²) in [5.41, 5.74) is 4.09. The van der Waals surface area contributed by atoms with E-state index in [4.69, 9.17) is 4.74 Å². The Labute approximate surface area is 201 Å². The number of hydrogen-bond donors (Lipinski definition) is 3. The molecule has 0 radical (unpaired) electrons. The van der Waals surface area contributed by atoms with Crippen LogP contribution in [0.5, 0.6) is 0 Å². The summed E-state index contributed by atoms with van der Waals surface area (Å²) in [5.74, 6) is -2.67. The molecule has 3 N–H and O–H groups in total. The summed E-state index contributed by atoms with van der Waals surface area (Å²) in [6, 6.07) is 18.6. The van der Waals surface area contributed by atoms with E-state index in [2.05, 4.69) is 22.8 Å². The predicted molar refractivity (Wildman–Crippen MR) is 129 cm³/mol. The first-order valence-electron chi connectivity index (χ1n) is 11.3. The van der Waals surface area contributed by atoms with Crippen molar-refractivity contribution in [2.75, 3.05) is 11.9 Å². The van der Waals surface area contributed by atoms with Gasteiger partial charge in [-0.05, 0) is 46.9 Å². The molecule has 35 heavy (non-hydrogen) atoms. The lowest BCUT2D eigenvalue weighted by Gasteiger charge is -2.19. The Hall–Kier alpha value is -4.20. The highest BCUT2D eigenvalue weighted by molar-refractivity contribution is 6.00. The fourth-order valence-corrected chi connectivity index (χ4v) is 4.33. The molecule has 1 aliphatic carbocycles. The van der Waals surface area contributed by atoms with Crippen LogP contribution in [0.3, 0.4) is 0 Å². The molecular formula is C27H25FN2O5. The highest BCUT2D eigenvalue weighted by Crippen LogP contribution is 2.44. The number of anilines is 1. The third kappa shape index (κ3) is 5.32. The topological polar surface area (TPSA) is 105 Å². The number of amides is 2. The van der Waals surface area contributed by atoms with E-state index in [1.807, 2.05) is 43.3 Å². The molecule has 3 aromatic rings. The predicted octanol–water partition coefficient (Wildman–Crippen LogP) is 5.17. The first kappa shape index (κ1) is 23.9. The lowest BCUT2D eigenvalue weighted by Crippen LogP contribution is -2.38. The molecule has 7 nitrogen and oxygen atoms in total. The molecule has 0 saturated heterocycles. The molecule has 1 atom stereocenters. The minimum Gasteiger partial charge on any atom is -0.478 e. The van der Waals surface area contributed by atoms with Gasteiger partial charge in [-0.25, -0.2) is 14.0 Å². The van der Waals surface area contributed by atoms with E-state index in [0.29, 0.717) is 6.42 Å². The zero-order chi connectivity index (χ0) is 24.9. The van der Waals surface area contributed by atoms with Gasteiger partial charge in [0.2, 0.25) is 5.91 Å². The molecule has 4 rings (SSSR count). The summed E-state index contributed by atoms with van der Waals surface area (Å²) < 4.78 is 18.9. The molecule has 180 valence electrons. The van der Waals surface area contributed by atoms with Crippen molar-refractivity contribution in [2.45, 2.75) is 31.7 Å². The van der Waals surface area contributed by atoms with Crippen LogP contribution in [0, 0.1) is 5.82 Å². The van der Waals surface area contributed by atoms with Gasteiger partial charge in [-0.15, -0.1) is 0 Å². The number of carbonyl (C=O) groups excluding carboxylic acids is 2. The van der Waals surface area contributed by atoms with Crippen molar-refractivity contribution >= 4 is 23.7 Å². The molecule has 0 spiro atoms. The largest absolute Gasteiger partial charge is 0.478 e. The fraction of sp³-hybridized carbons (Fsp3) is 0.222. The Balaban J connectivity index is 1.35. The van der Waals surface area contributed by atoms with Crippen molar-refractivity contribution in [3.05, 3.63) is 89.2 Å². The second kappa shape index (κ2) is 10.4. The first-order chi connectivity index (χ1) is 16.9. The minimum absolute atomic E-state index is 0.0140. The molecule has 0 fully saturated rings. The van der Waals surface area contributed by atoms with E-state index in [-0.39, 0.29) is 30.2 Å². The second-order valence-corrected chi connectivity index (χ2v) is 8.32. The van der Waals surface area contributed by atoms with Gasteiger partial charge in [0.05, 0.1) is 11.3 Å². The third-order valence-corrected chi connectivity index (χ3v) is 6.08. The van der Waals surface area contributed by atoms with Gasteiger partial charge in [0, 0.05) is 18.4 Å². The van der Waals surface area contributed by atoms with Crippen LogP contribution in [0.15, 0.2) is 66.7 Å². The average Bonchev–Trinajstić information content (AvgIpc) is 3.17. The van der Waals surface area contributed by atoms with Crippen LogP contribution in [-0.2, 0) is 9.53 Å². The zero-order valence-electron chi connectivity index (χ0n) is 19.1. The number of aromatic carboxylic acids is 1. The lowest BCUT2D eigenvalue weighted by molar-refractivity contribution is -0.116. The Bertz CT molecular complexity index is 1230. The summed E-state index contributed by atoms with van der Waals surface area (Å²) >= 11 is 0. The maximum atomic E-state index is 13.4. The molecule has 1 aliphatic rings. The van der Waals surface area contributed by atoms with Gasteiger partial charge in [-0.3, -0.25) is 4.79 Å². The van der Waals surface area contributed by atoms with E-state index in [9.17, 15) is 23.9 Å². The molecule has 8 heteroatoms. The summed E-state index contributed by atoms with van der Waals surface area (Å²) in [6.45, 7) is 1.96. The van der Waals surface area contributed by atoms with E-state index in [1.165, 1.54) is 6.07 Å². The van der Waals surface area contributed by atoms with Gasteiger partial charge in [-0.1, -0.05) is 55.5 Å². The maximum Gasteiger partial charge on any atom is 0.407 e. The smallest absolute Gasteiger partial charge is 0.407 e. The molecule has 1 unspecified atom stereocenters. The molecular weight excluding hydrogens is 451 g/mol. The number of carboxylic acid groups (broad SMARTS) is 1. The van der Waals surface area contributed by atoms with Crippen LogP contribution in [0.25, 0.3) is 11.1 Å². The second-order valence-electron chi connectivity index (χ2n) is 8.32. The summed E-state index contributed by atoms with van der Waals surface area (Å²) in [7, 11) is 0. The molecule has 2 amide bonds. The number of fused-ring (bicyclic) bond motifs is 3. The van der Waals surface area contributed by atoms with Crippen LogP contribution in [0.2, 0.25) is 0 Å². The van der Waals surface area contributed by atoms with Crippen molar-refractivity contribution in [3.8, 4) is 11.1 Å². The summed E-state index contributed by atoms with van der Waals surface area (Å²) in [4.78, 5) is 36.3. The lowest BCUT2D eigenvalue weighted by atomic mass is 9.98. The number of hydrogen-bond acceptors (Lipinski definition) is 4. The average molecular weight is 477 g/mol. The molecule has 0 heterocycles.